The van der Waals surface area contributed by atoms with Crippen LogP contribution in [0.3, 0.4) is 0 Å². The molecule has 2 rings (SSSR count). The van der Waals surface area contributed by atoms with Crippen LogP contribution in [0, 0.1) is 5.82 Å². The van der Waals surface area contributed by atoms with E-state index in [-0.39, 0.29) is 17.6 Å². The number of nitrogens with one attached hydrogen (secondary N) is 2. The van der Waals surface area contributed by atoms with Crippen LogP contribution in [0.4, 0.5) is 4.39 Å². The third kappa shape index (κ3) is 5.31. The molecular weight excluding hydrogens is 335 g/mol. The summed E-state index contributed by atoms with van der Waals surface area (Å²) in [5.41, 5.74) is 5.67. The molecule has 2 aromatic rings. The summed E-state index contributed by atoms with van der Waals surface area (Å²) >= 11 is 0. The van der Waals surface area contributed by atoms with Crippen LogP contribution in [0.15, 0.2) is 54.6 Å². The fourth-order valence-electron chi connectivity index (χ4n) is 2.52. The van der Waals surface area contributed by atoms with E-state index >= 15 is 0 Å². The van der Waals surface area contributed by atoms with E-state index in [9.17, 15) is 14.0 Å². The fourth-order valence-corrected chi connectivity index (χ4v) is 2.52. The molecule has 26 heavy (non-hydrogen) atoms. The van der Waals surface area contributed by atoms with Crippen molar-refractivity contribution < 1.29 is 18.7 Å². The van der Waals surface area contributed by atoms with E-state index in [1.54, 1.807) is 6.07 Å². The van der Waals surface area contributed by atoms with Crippen LogP contribution in [-0.2, 0) is 9.59 Å². The summed E-state index contributed by atoms with van der Waals surface area (Å²) in [5, 5.41) is 0. The zero-order valence-electron chi connectivity index (χ0n) is 14.9. The molecule has 0 aromatic heterocycles. The monoisotopic (exact) mass is 358 g/mol. The molecule has 0 fully saturated rings. The maximum absolute atomic E-state index is 13.6. The van der Waals surface area contributed by atoms with Crippen LogP contribution in [0.25, 0.3) is 0 Å². The molecule has 2 aromatic carbocycles. The number of hydrogen-bond acceptors (Lipinski definition) is 3. The maximum Gasteiger partial charge on any atom is 0.279 e. The van der Waals surface area contributed by atoms with E-state index in [4.69, 9.17) is 4.74 Å². The van der Waals surface area contributed by atoms with Crippen LogP contribution >= 0.6 is 0 Å². The summed E-state index contributed by atoms with van der Waals surface area (Å²) in [6, 6.07) is 15.2. The standard InChI is InChI=1S/C20H23FN2O3/c1-3-9-16(15-10-5-4-6-11-15)20(25)23-22-19(24)14(2)26-18-13-8-7-12-17(18)21/h4-8,10-14,16H,3,9H2,1-2H3,(H,22,24)(H,23,25)/t14-,16+/m1/s1. The Morgan fingerprint density at radius 2 is 1.62 bits per heavy atom. The van der Waals surface area contributed by atoms with Gasteiger partial charge in [-0.15, -0.1) is 0 Å². The minimum Gasteiger partial charge on any atom is -0.478 e. The Kier molecular flexibility index (Phi) is 7.14. The van der Waals surface area contributed by atoms with E-state index in [1.807, 2.05) is 37.3 Å². The number of para-hydroxylation sites is 1. The first-order valence-electron chi connectivity index (χ1n) is 8.58. The second-order valence-corrected chi connectivity index (χ2v) is 5.92. The smallest absolute Gasteiger partial charge is 0.279 e. The molecule has 0 saturated heterocycles. The van der Waals surface area contributed by atoms with Gasteiger partial charge in [0.25, 0.3) is 5.91 Å². The molecular formula is C20H23FN2O3. The van der Waals surface area contributed by atoms with Crippen molar-refractivity contribution in [1.82, 2.24) is 10.9 Å². The summed E-state index contributed by atoms with van der Waals surface area (Å²) in [4.78, 5) is 24.6. The van der Waals surface area contributed by atoms with Gasteiger partial charge < -0.3 is 4.74 Å². The highest BCUT2D eigenvalue weighted by atomic mass is 19.1. The van der Waals surface area contributed by atoms with Crippen LogP contribution in [0.5, 0.6) is 5.75 Å². The van der Waals surface area contributed by atoms with Gasteiger partial charge in [-0.05, 0) is 31.0 Å². The van der Waals surface area contributed by atoms with Gasteiger partial charge in [0.1, 0.15) is 0 Å². The zero-order chi connectivity index (χ0) is 18.9. The van der Waals surface area contributed by atoms with Crippen molar-refractivity contribution in [2.45, 2.75) is 38.7 Å². The van der Waals surface area contributed by atoms with Crippen molar-refractivity contribution in [1.29, 1.82) is 0 Å². The molecule has 2 atom stereocenters. The lowest BCUT2D eigenvalue weighted by molar-refractivity contribution is -0.133. The average molecular weight is 358 g/mol. The van der Waals surface area contributed by atoms with Gasteiger partial charge in [0.15, 0.2) is 17.7 Å². The number of carbonyl (C=O) groups is 2. The average Bonchev–Trinajstić information content (AvgIpc) is 2.66. The molecule has 0 spiro atoms. The molecule has 0 heterocycles. The number of carbonyl (C=O) groups excluding carboxylic acids is 2. The highest BCUT2D eigenvalue weighted by Gasteiger charge is 2.22. The number of hydrogen-bond donors (Lipinski definition) is 2. The predicted molar refractivity (Wildman–Crippen MR) is 96.9 cm³/mol. The van der Waals surface area contributed by atoms with Crippen LogP contribution < -0.4 is 15.6 Å². The first kappa shape index (κ1) is 19.4. The van der Waals surface area contributed by atoms with Gasteiger partial charge in [0.05, 0.1) is 5.92 Å². The van der Waals surface area contributed by atoms with Crippen LogP contribution in [0.1, 0.15) is 38.2 Å². The maximum atomic E-state index is 13.6. The van der Waals surface area contributed by atoms with E-state index in [2.05, 4.69) is 10.9 Å². The largest absolute Gasteiger partial charge is 0.478 e. The van der Waals surface area contributed by atoms with Gasteiger partial charge in [-0.25, -0.2) is 4.39 Å². The Morgan fingerprint density at radius 1 is 1.00 bits per heavy atom. The van der Waals surface area contributed by atoms with Crippen molar-refractivity contribution >= 4 is 11.8 Å². The van der Waals surface area contributed by atoms with Gasteiger partial charge in [0, 0.05) is 0 Å². The number of amides is 2. The lowest BCUT2D eigenvalue weighted by Crippen LogP contribution is -2.48. The third-order valence-corrected chi connectivity index (χ3v) is 3.91. The van der Waals surface area contributed by atoms with E-state index in [0.29, 0.717) is 6.42 Å². The van der Waals surface area contributed by atoms with Gasteiger partial charge in [-0.1, -0.05) is 55.8 Å². The van der Waals surface area contributed by atoms with Gasteiger partial charge in [-0.2, -0.15) is 0 Å². The fraction of sp³-hybridized carbons (Fsp3) is 0.300. The second-order valence-electron chi connectivity index (χ2n) is 5.92. The Morgan fingerprint density at radius 3 is 2.27 bits per heavy atom. The molecule has 0 unspecified atom stereocenters. The third-order valence-electron chi connectivity index (χ3n) is 3.91. The summed E-state index contributed by atoms with van der Waals surface area (Å²) in [7, 11) is 0. The molecule has 0 aliphatic heterocycles. The van der Waals surface area contributed by atoms with E-state index in [1.165, 1.54) is 25.1 Å². The SMILES string of the molecule is CCC[C@H](C(=O)NNC(=O)[C@@H](C)Oc1ccccc1F)c1ccccc1. The summed E-state index contributed by atoms with van der Waals surface area (Å²) in [5.74, 6) is -1.79. The Bertz CT molecular complexity index is 737. The number of halogens is 1. The minimum absolute atomic E-state index is 0.0189. The van der Waals surface area contributed by atoms with Gasteiger partial charge in [-0.3, -0.25) is 20.4 Å². The first-order valence-corrected chi connectivity index (χ1v) is 8.58. The van der Waals surface area contributed by atoms with E-state index in [0.717, 1.165) is 12.0 Å². The molecule has 5 nitrogen and oxygen atoms in total. The number of rotatable bonds is 7. The number of benzene rings is 2. The van der Waals surface area contributed by atoms with Crippen molar-refractivity contribution in [3.63, 3.8) is 0 Å². The van der Waals surface area contributed by atoms with Gasteiger partial charge >= 0.3 is 0 Å². The minimum atomic E-state index is -0.964. The highest BCUT2D eigenvalue weighted by Crippen LogP contribution is 2.21. The van der Waals surface area contributed by atoms with Crippen molar-refractivity contribution in [3.8, 4) is 5.75 Å². The lowest BCUT2D eigenvalue weighted by Gasteiger charge is -2.19. The van der Waals surface area contributed by atoms with Crippen LogP contribution in [0.2, 0.25) is 0 Å². The lowest BCUT2D eigenvalue weighted by atomic mass is 9.94. The van der Waals surface area contributed by atoms with Crippen LogP contribution in [-0.4, -0.2) is 17.9 Å². The van der Waals surface area contributed by atoms with Crippen molar-refractivity contribution in [2.75, 3.05) is 0 Å². The summed E-state index contributed by atoms with van der Waals surface area (Å²) in [6.07, 6.45) is 0.523. The number of hydrazine groups is 1. The van der Waals surface area contributed by atoms with E-state index < -0.39 is 17.8 Å². The molecule has 6 heteroatoms. The molecule has 0 aliphatic rings. The molecule has 0 saturated carbocycles. The van der Waals surface area contributed by atoms with Crippen molar-refractivity contribution in [2.24, 2.45) is 0 Å². The second kappa shape index (κ2) is 9.56. The Balaban J connectivity index is 1.92. The summed E-state index contributed by atoms with van der Waals surface area (Å²) in [6.45, 7) is 3.47. The Labute approximate surface area is 152 Å². The van der Waals surface area contributed by atoms with Gasteiger partial charge in [0.2, 0.25) is 5.91 Å². The molecule has 138 valence electrons. The molecule has 0 bridgehead atoms. The molecule has 2 N–H and O–H groups in total. The topological polar surface area (TPSA) is 67.4 Å². The molecule has 2 amide bonds. The highest BCUT2D eigenvalue weighted by molar-refractivity contribution is 5.87. The Hall–Kier alpha value is -2.89. The first-order chi connectivity index (χ1) is 12.5. The number of ether oxygens (including phenoxy) is 1. The summed E-state index contributed by atoms with van der Waals surface area (Å²) < 4.78 is 18.9. The predicted octanol–water partition coefficient (Wildman–Crippen LogP) is 3.32. The molecule has 0 radical (unpaired) electrons. The normalized spacial score (nSPS) is 12.7. The van der Waals surface area contributed by atoms with Crippen molar-refractivity contribution in [3.05, 3.63) is 66.0 Å². The quantitative estimate of drug-likeness (QED) is 0.746. The zero-order valence-corrected chi connectivity index (χ0v) is 14.9. The molecule has 0 aliphatic carbocycles.